The van der Waals surface area contributed by atoms with Crippen molar-refractivity contribution in [1.29, 1.82) is 0 Å². The lowest BCUT2D eigenvalue weighted by Gasteiger charge is -2.11. The van der Waals surface area contributed by atoms with Crippen molar-refractivity contribution >= 4 is 15.9 Å². The minimum absolute atomic E-state index is 0.395. The van der Waals surface area contributed by atoms with Crippen LogP contribution in [0.5, 0.6) is 0 Å². The molecule has 1 fully saturated rings. The second-order valence-electron chi connectivity index (χ2n) is 3.75. The second-order valence-corrected chi connectivity index (χ2v) is 4.67. The molecule has 1 saturated carbocycles. The van der Waals surface area contributed by atoms with Gasteiger partial charge in [-0.1, -0.05) is 28.1 Å². The summed E-state index contributed by atoms with van der Waals surface area (Å²) >= 11 is 3.39. The Morgan fingerprint density at radius 3 is 2.93 bits per heavy atom. The van der Waals surface area contributed by atoms with Gasteiger partial charge in [0.05, 0.1) is 6.10 Å². The number of halogens is 1. The average molecular weight is 256 g/mol. The summed E-state index contributed by atoms with van der Waals surface area (Å²) in [4.78, 5) is 0. The quantitative estimate of drug-likeness (QED) is 0.865. The molecule has 2 rings (SSSR count). The number of hydrogen-bond donors (Lipinski definition) is 2. The van der Waals surface area contributed by atoms with E-state index in [4.69, 9.17) is 0 Å². The lowest BCUT2D eigenvalue weighted by molar-refractivity contribution is 0.174. The van der Waals surface area contributed by atoms with Gasteiger partial charge in [-0.15, -0.1) is 0 Å². The first-order chi connectivity index (χ1) is 6.75. The molecule has 3 heteroatoms. The Labute approximate surface area is 92.5 Å². The Balaban J connectivity index is 1.91. The zero-order valence-electron chi connectivity index (χ0n) is 7.91. The average Bonchev–Trinajstić information content (AvgIpc) is 2.97. The standard InChI is InChI=1S/C11H14BrNO/c12-9-3-1-2-8(6-9)11(14)7-13-10-4-5-10/h1-3,6,10-11,13-14H,4-5,7H2. The van der Waals surface area contributed by atoms with E-state index in [-0.39, 0.29) is 0 Å². The van der Waals surface area contributed by atoms with Crippen LogP contribution in [0.4, 0.5) is 0 Å². The van der Waals surface area contributed by atoms with Crippen molar-refractivity contribution < 1.29 is 5.11 Å². The summed E-state index contributed by atoms with van der Waals surface area (Å²) < 4.78 is 1.01. The Hall–Kier alpha value is -0.380. The number of benzene rings is 1. The van der Waals surface area contributed by atoms with Gasteiger partial charge in [-0.25, -0.2) is 0 Å². The van der Waals surface area contributed by atoms with Crippen LogP contribution in [-0.2, 0) is 0 Å². The highest BCUT2D eigenvalue weighted by Crippen LogP contribution is 2.21. The first-order valence-corrected chi connectivity index (χ1v) is 5.72. The number of aliphatic hydroxyl groups is 1. The molecular weight excluding hydrogens is 242 g/mol. The third-order valence-electron chi connectivity index (χ3n) is 2.41. The smallest absolute Gasteiger partial charge is 0.0914 e. The van der Waals surface area contributed by atoms with Crippen LogP contribution in [0.25, 0.3) is 0 Å². The van der Waals surface area contributed by atoms with E-state index in [0.29, 0.717) is 12.6 Å². The number of aliphatic hydroxyl groups excluding tert-OH is 1. The fraction of sp³-hybridized carbons (Fsp3) is 0.455. The summed E-state index contributed by atoms with van der Waals surface area (Å²) in [5.41, 5.74) is 0.965. The molecular formula is C11H14BrNO. The number of rotatable bonds is 4. The molecule has 1 aliphatic rings. The minimum Gasteiger partial charge on any atom is -0.387 e. The van der Waals surface area contributed by atoms with E-state index in [1.165, 1.54) is 12.8 Å². The fourth-order valence-electron chi connectivity index (χ4n) is 1.40. The molecule has 0 spiro atoms. The molecule has 0 aromatic heterocycles. The highest BCUT2D eigenvalue weighted by Gasteiger charge is 2.21. The van der Waals surface area contributed by atoms with Gasteiger partial charge in [-0.3, -0.25) is 0 Å². The van der Waals surface area contributed by atoms with Gasteiger partial charge in [0, 0.05) is 17.1 Å². The zero-order valence-corrected chi connectivity index (χ0v) is 9.50. The molecule has 1 atom stereocenters. The summed E-state index contributed by atoms with van der Waals surface area (Å²) in [5, 5.41) is 13.1. The Bertz CT molecular complexity index is 312. The van der Waals surface area contributed by atoms with Crippen molar-refractivity contribution in [3.8, 4) is 0 Å². The number of hydrogen-bond acceptors (Lipinski definition) is 2. The molecule has 14 heavy (non-hydrogen) atoms. The predicted molar refractivity (Wildman–Crippen MR) is 60.1 cm³/mol. The summed E-state index contributed by atoms with van der Waals surface area (Å²) in [6.07, 6.45) is 2.12. The molecule has 76 valence electrons. The van der Waals surface area contributed by atoms with Crippen molar-refractivity contribution in [3.63, 3.8) is 0 Å². The van der Waals surface area contributed by atoms with E-state index in [9.17, 15) is 5.11 Å². The Kier molecular flexibility index (Phi) is 3.21. The Morgan fingerprint density at radius 2 is 2.29 bits per heavy atom. The molecule has 0 heterocycles. The van der Waals surface area contributed by atoms with Crippen LogP contribution in [0.2, 0.25) is 0 Å². The largest absolute Gasteiger partial charge is 0.387 e. The molecule has 0 amide bonds. The van der Waals surface area contributed by atoms with Crippen LogP contribution in [0.1, 0.15) is 24.5 Å². The maximum atomic E-state index is 9.84. The minimum atomic E-state index is -0.395. The third kappa shape index (κ3) is 2.80. The normalized spacial score (nSPS) is 18.1. The lowest BCUT2D eigenvalue weighted by atomic mass is 10.1. The number of nitrogens with one attached hydrogen (secondary N) is 1. The van der Waals surface area contributed by atoms with Crippen LogP contribution in [0.3, 0.4) is 0 Å². The highest BCUT2D eigenvalue weighted by molar-refractivity contribution is 9.10. The monoisotopic (exact) mass is 255 g/mol. The zero-order chi connectivity index (χ0) is 9.97. The van der Waals surface area contributed by atoms with Gasteiger partial charge in [0.2, 0.25) is 0 Å². The Morgan fingerprint density at radius 1 is 1.50 bits per heavy atom. The van der Waals surface area contributed by atoms with Crippen molar-refractivity contribution in [1.82, 2.24) is 5.32 Å². The van der Waals surface area contributed by atoms with Gasteiger partial charge in [-0.05, 0) is 30.5 Å². The summed E-state index contributed by atoms with van der Waals surface area (Å²) in [7, 11) is 0. The van der Waals surface area contributed by atoms with Crippen molar-refractivity contribution in [2.24, 2.45) is 0 Å². The van der Waals surface area contributed by atoms with Gasteiger partial charge < -0.3 is 10.4 Å². The van der Waals surface area contributed by atoms with Crippen molar-refractivity contribution in [2.45, 2.75) is 25.0 Å². The van der Waals surface area contributed by atoms with E-state index >= 15 is 0 Å². The van der Waals surface area contributed by atoms with E-state index in [2.05, 4.69) is 21.2 Å². The molecule has 1 aromatic carbocycles. The molecule has 1 unspecified atom stereocenters. The van der Waals surface area contributed by atoms with E-state index in [1.54, 1.807) is 0 Å². The lowest BCUT2D eigenvalue weighted by Crippen LogP contribution is -2.23. The fourth-order valence-corrected chi connectivity index (χ4v) is 1.81. The SMILES string of the molecule is OC(CNC1CC1)c1cccc(Br)c1. The molecule has 2 nitrogen and oxygen atoms in total. The second kappa shape index (κ2) is 4.43. The van der Waals surface area contributed by atoms with Crippen molar-refractivity contribution in [2.75, 3.05) is 6.54 Å². The third-order valence-corrected chi connectivity index (χ3v) is 2.90. The van der Waals surface area contributed by atoms with E-state index in [1.807, 2.05) is 24.3 Å². The van der Waals surface area contributed by atoms with E-state index < -0.39 is 6.10 Å². The molecule has 0 saturated heterocycles. The molecule has 2 N–H and O–H groups in total. The maximum Gasteiger partial charge on any atom is 0.0914 e. The van der Waals surface area contributed by atoms with Crippen LogP contribution >= 0.6 is 15.9 Å². The van der Waals surface area contributed by atoms with E-state index in [0.717, 1.165) is 10.0 Å². The van der Waals surface area contributed by atoms with Crippen LogP contribution < -0.4 is 5.32 Å². The van der Waals surface area contributed by atoms with Gasteiger partial charge in [0.25, 0.3) is 0 Å². The molecule has 0 bridgehead atoms. The van der Waals surface area contributed by atoms with Gasteiger partial charge in [0.1, 0.15) is 0 Å². The van der Waals surface area contributed by atoms with Gasteiger partial charge in [-0.2, -0.15) is 0 Å². The van der Waals surface area contributed by atoms with Crippen LogP contribution in [-0.4, -0.2) is 17.7 Å². The predicted octanol–water partition coefficient (Wildman–Crippen LogP) is 2.23. The first-order valence-electron chi connectivity index (χ1n) is 4.92. The summed E-state index contributed by atoms with van der Waals surface area (Å²) in [6.45, 7) is 0.654. The van der Waals surface area contributed by atoms with Gasteiger partial charge >= 0.3 is 0 Å². The molecule has 1 aromatic rings. The summed E-state index contributed by atoms with van der Waals surface area (Å²) in [6, 6.07) is 8.46. The van der Waals surface area contributed by atoms with Crippen LogP contribution in [0.15, 0.2) is 28.7 Å². The molecule has 0 radical (unpaired) electrons. The van der Waals surface area contributed by atoms with Gasteiger partial charge in [0.15, 0.2) is 0 Å². The maximum absolute atomic E-state index is 9.84. The van der Waals surface area contributed by atoms with Crippen LogP contribution in [0, 0.1) is 0 Å². The highest BCUT2D eigenvalue weighted by atomic mass is 79.9. The van der Waals surface area contributed by atoms with Crippen molar-refractivity contribution in [3.05, 3.63) is 34.3 Å². The topological polar surface area (TPSA) is 32.3 Å². The molecule has 0 aliphatic heterocycles. The molecule has 1 aliphatic carbocycles. The summed E-state index contributed by atoms with van der Waals surface area (Å²) in [5.74, 6) is 0. The first kappa shape index (κ1) is 10.1.